The summed E-state index contributed by atoms with van der Waals surface area (Å²) in [6, 6.07) is 0.587. The Bertz CT molecular complexity index is 709. The minimum absolute atomic E-state index is 0.587. The van der Waals surface area contributed by atoms with Crippen LogP contribution in [0.4, 0.5) is 0 Å². The molecule has 1 rings (SSSR count). The van der Waals surface area contributed by atoms with E-state index in [0.29, 0.717) is 12.0 Å². The van der Waals surface area contributed by atoms with Gasteiger partial charge in [-0.3, -0.25) is 0 Å². The molecule has 1 aromatic heterocycles. The monoisotopic (exact) mass is 643 g/mol. The molecule has 0 aromatic carbocycles. The van der Waals surface area contributed by atoms with Gasteiger partial charge in [0.25, 0.3) is 0 Å². The zero-order valence-corrected chi connectivity index (χ0v) is 32.5. The summed E-state index contributed by atoms with van der Waals surface area (Å²) >= 11 is 0. The first-order chi connectivity index (χ1) is 22.7. The van der Waals surface area contributed by atoms with Gasteiger partial charge in [0.2, 0.25) is 0 Å². The molecule has 0 saturated heterocycles. The van der Waals surface area contributed by atoms with E-state index in [1.807, 2.05) is 0 Å². The Morgan fingerprint density at radius 2 is 0.696 bits per heavy atom. The first-order valence-electron chi connectivity index (χ1n) is 21.8. The molecule has 0 radical (unpaired) electrons. The molecule has 0 fully saturated rings. The van der Waals surface area contributed by atoms with Gasteiger partial charge >= 0.3 is 0 Å². The quantitative estimate of drug-likeness (QED) is 0.0660. The molecule has 0 spiro atoms. The number of imidazole rings is 1. The van der Waals surface area contributed by atoms with Crippen LogP contribution in [0.2, 0.25) is 0 Å². The Balaban J connectivity index is 2.23. The third-order valence-electron chi connectivity index (χ3n) is 10.8. The second-order valence-corrected chi connectivity index (χ2v) is 15.4. The molecule has 0 aliphatic rings. The predicted octanol–water partition coefficient (Wildman–Crippen LogP) is 16.2. The molecular weight excluding hydrogens is 556 g/mol. The fraction of sp³-hybridized carbons (Fsp3) is 0.932. The molecule has 46 heavy (non-hydrogen) atoms. The lowest BCUT2D eigenvalue weighted by Crippen LogP contribution is -2.13. The summed E-state index contributed by atoms with van der Waals surface area (Å²) in [4.78, 5) is 5.00. The van der Waals surface area contributed by atoms with Gasteiger partial charge in [0.1, 0.15) is 5.82 Å². The van der Waals surface area contributed by atoms with Crippen molar-refractivity contribution in [1.29, 1.82) is 0 Å². The largest absolute Gasteiger partial charge is 0.332 e. The summed E-state index contributed by atoms with van der Waals surface area (Å²) < 4.78 is 2.58. The highest BCUT2D eigenvalue weighted by Gasteiger charge is 2.19. The Kier molecular flexibility index (Phi) is 32.0. The Morgan fingerprint density at radius 3 is 1.04 bits per heavy atom. The lowest BCUT2D eigenvalue weighted by molar-refractivity contribution is 0.413. The number of unbranched alkanes of at least 4 members (excludes halogenated alkanes) is 29. The van der Waals surface area contributed by atoms with Gasteiger partial charge in [-0.1, -0.05) is 226 Å². The maximum atomic E-state index is 5.00. The first kappa shape index (κ1) is 43.2. The van der Waals surface area contributed by atoms with Crippen molar-refractivity contribution in [2.45, 2.75) is 264 Å². The average Bonchev–Trinajstić information content (AvgIpc) is 3.56. The average molecular weight is 643 g/mol. The van der Waals surface area contributed by atoms with Crippen molar-refractivity contribution in [3.63, 3.8) is 0 Å². The second-order valence-electron chi connectivity index (χ2n) is 15.4. The van der Waals surface area contributed by atoms with E-state index in [1.54, 1.807) is 0 Å². The highest BCUT2D eigenvalue weighted by atomic mass is 15.1. The molecule has 0 N–H and O–H groups in total. The number of hydrogen-bond donors (Lipinski definition) is 0. The molecule has 1 heterocycles. The van der Waals surface area contributed by atoms with Crippen LogP contribution in [0.3, 0.4) is 0 Å². The standard InChI is InChI=1S/C44H86N2/c1-5-8-11-14-16-18-20-22-24-26-28-30-32-34-37-42(4)46-41-40-45-44(46)43(38-35-13-10-7-3)39-36-33-31-29-27-25-23-21-19-17-15-12-9-6-2/h40-43H,5-39H2,1-4H3. The van der Waals surface area contributed by atoms with Crippen LogP contribution >= 0.6 is 0 Å². The van der Waals surface area contributed by atoms with E-state index >= 15 is 0 Å². The fourth-order valence-electron chi connectivity index (χ4n) is 7.59. The van der Waals surface area contributed by atoms with Crippen LogP contribution in [0.5, 0.6) is 0 Å². The molecule has 1 aromatic rings. The highest BCUT2D eigenvalue weighted by molar-refractivity contribution is 5.02. The minimum atomic E-state index is 0.587. The lowest BCUT2D eigenvalue weighted by Gasteiger charge is -2.22. The van der Waals surface area contributed by atoms with E-state index in [9.17, 15) is 0 Å². The van der Waals surface area contributed by atoms with Crippen LogP contribution in [-0.2, 0) is 0 Å². The van der Waals surface area contributed by atoms with E-state index in [2.05, 4.69) is 44.7 Å². The maximum absolute atomic E-state index is 5.00. The van der Waals surface area contributed by atoms with Gasteiger partial charge in [-0.15, -0.1) is 0 Å². The zero-order chi connectivity index (χ0) is 33.2. The van der Waals surface area contributed by atoms with Gasteiger partial charge in [-0.25, -0.2) is 4.98 Å². The fourth-order valence-corrected chi connectivity index (χ4v) is 7.59. The van der Waals surface area contributed by atoms with Crippen LogP contribution in [-0.4, -0.2) is 9.55 Å². The van der Waals surface area contributed by atoms with Gasteiger partial charge < -0.3 is 4.57 Å². The Labute approximate surface area is 291 Å². The number of hydrogen-bond acceptors (Lipinski definition) is 1. The summed E-state index contributed by atoms with van der Waals surface area (Å²) in [5.41, 5.74) is 0. The molecule has 0 bridgehead atoms. The second kappa shape index (κ2) is 34.1. The SMILES string of the molecule is CCCCCCCCCCCCCCCCC(CCCCCC)c1nccn1C(C)CCCCCCCCCCCCCCCC. The van der Waals surface area contributed by atoms with Crippen molar-refractivity contribution < 1.29 is 0 Å². The van der Waals surface area contributed by atoms with Crippen LogP contribution in [0.15, 0.2) is 12.4 Å². The van der Waals surface area contributed by atoms with Gasteiger partial charge in [-0.05, 0) is 26.2 Å². The summed E-state index contributed by atoms with van der Waals surface area (Å²) in [5, 5.41) is 0. The van der Waals surface area contributed by atoms with E-state index in [0.717, 1.165) is 0 Å². The topological polar surface area (TPSA) is 17.8 Å². The van der Waals surface area contributed by atoms with Gasteiger partial charge in [0.15, 0.2) is 0 Å². The van der Waals surface area contributed by atoms with E-state index in [4.69, 9.17) is 4.98 Å². The molecule has 2 unspecified atom stereocenters. The van der Waals surface area contributed by atoms with E-state index in [-0.39, 0.29) is 0 Å². The summed E-state index contributed by atoms with van der Waals surface area (Å²) in [5.74, 6) is 2.06. The number of rotatable bonds is 37. The molecule has 2 heteroatoms. The van der Waals surface area contributed by atoms with Crippen LogP contribution < -0.4 is 0 Å². The zero-order valence-electron chi connectivity index (χ0n) is 32.5. The molecule has 0 aliphatic carbocycles. The highest BCUT2D eigenvalue weighted by Crippen LogP contribution is 2.31. The van der Waals surface area contributed by atoms with Gasteiger partial charge in [0.05, 0.1) is 0 Å². The van der Waals surface area contributed by atoms with Gasteiger partial charge in [-0.2, -0.15) is 0 Å². The molecule has 0 amide bonds. The molecule has 0 aliphatic heterocycles. The molecule has 2 atom stereocenters. The van der Waals surface area contributed by atoms with Crippen molar-refractivity contribution in [3.05, 3.63) is 18.2 Å². The van der Waals surface area contributed by atoms with Crippen molar-refractivity contribution in [1.82, 2.24) is 9.55 Å². The number of aromatic nitrogens is 2. The van der Waals surface area contributed by atoms with Gasteiger partial charge in [0, 0.05) is 24.4 Å². The third-order valence-corrected chi connectivity index (χ3v) is 10.8. The first-order valence-corrected chi connectivity index (χ1v) is 21.8. The Morgan fingerprint density at radius 1 is 0.413 bits per heavy atom. The summed E-state index contributed by atoms with van der Waals surface area (Å²) in [7, 11) is 0. The molecular formula is C44H86N2. The lowest BCUT2D eigenvalue weighted by atomic mass is 9.93. The van der Waals surface area contributed by atoms with Crippen LogP contribution in [0, 0.1) is 0 Å². The predicted molar refractivity (Wildman–Crippen MR) is 208 cm³/mol. The van der Waals surface area contributed by atoms with Crippen molar-refractivity contribution >= 4 is 0 Å². The van der Waals surface area contributed by atoms with Crippen molar-refractivity contribution in [3.8, 4) is 0 Å². The third kappa shape index (κ3) is 25.3. The van der Waals surface area contributed by atoms with E-state index < -0.39 is 0 Å². The molecule has 0 saturated carbocycles. The molecule has 2 nitrogen and oxygen atoms in total. The minimum Gasteiger partial charge on any atom is -0.332 e. The Hall–Kier alpha value is -0.790. The summed E-state index contributed by atoms with van der Waals surface area (Å²) in [6.07, 6.45) is 54.2. The van der Waals surface area contributed by atoms with Crippen molar-refractivity contribution in [2.24, 2.45) is 0 Å². The normalized spacial score (nSPS) is 13.0. The van der Waals surface area contributed by atoms with Crippen molar-refractivity contribution in [2.75, 3.05) is 0 Å². The maximum Gasteiger partial charge on any atom is 0.111 e. The smallest absolute Gasteiger partial charge is 0.111 e. The van der Waals surface area contributed by atoms with Crippen LogP contribution in [0.1, 0.15) is 270 Å². The molecule has 272 valence electrons. The number of nitrogens with zero attached hydrogens (tertiary/aromatic N) is 2. The van der Waals surface area contributed by atoms with Crippen LogP contribution in [0.25, 0.3) is 0 Å². The van der Waals surface area contributed by atoms with E-state index in [1.165, 1.54) is 231 Å². The summed E-state index contributed by atoms with van der Waals surface area (Å²) in [6.45, 7) is 9.40.